The van der Waals surface area contributed by atoms with Gasteiger partial charge in [0.2, 0.25) is 0 Å². The highest BCUT2D eigenvalue weighted by atomic mass is 35.5. The molecule has 1 amide bonds. The maximum Gasteiger partial charge on any atom is 0.263 e. The number of para-hydroxylation sites is 1. The normalized spacial score (nSPS) is 18.3. The van der Waals surface area contributed by atoms with Gasteiger partial charge in [-0.1, -0.05) is 23.7 Å². The second-order valence-electron chi connectivity index (χ2n) is 7.09. The van der Waals surface area contributed by atoms with Crippen LogP contribution in [-0.4, -0.2) is 53.3 Å². The molecule has 1 aliphatic carbocycles. The number of amides is 1. The molecule has 1 saturated heterocycles. The maximum atomic E-state index is 12.7. The van der Waals surface area contributed by atoms with Gasteiger partial charge in [-0.3, -0.25) is 4.79 Å². The zero-order valence-corrected chi connectivity index (χ0v) is 16.1. The summed E-state index contributed by atoms with van der Waals surface area (Å²) in [6.45, 7) is 4.52. The standard InChI is InChI=1S/C20H23ClN4O2/c1-14(27-18-5-3-2-4-16(18)21)20(26)25-12-10-24(11-13-25)19-9-8-17(22-23-19)15-6-7-15/h2-5,8-9,14-15H,6-7,10-13H2,1H3/t14-/m1/s1. The largest absolute Gasteiger partial charge is 0.479 e. The average Bonchev–Trinajstić information content (AvgIpc) is 3.55. The summed E-state index contributed by atoms with van der Waals surface area (Å²) >= 11 is 6.11. The number of halogens is 1. The zero-order valence-electron chi connectivity index (χ0n) is 15.3. The van der Waals surface area contributed by atoms with Crippen molar-refractivity contribution in [1.82, 2.24) is 15.1 Å². The molecule has 2 aromatic rings. The molecule has 1 aromatic heterocycles. The van der Waals surface area contributed by atoms with Gasteiger partial charge in [-0.05, 0) is 44.0 Å². The second kappa shape index (κ2) is 7.72. The van der Waals surface area contributed by atoms with E-state index >= 15 is 0 Å². The van der Waals surface area contributed by atoms with Gasteiger partial charge in [-0.25, -0.2) is 0 Å². The van der Waals surface area contributed by atoms with Gasteiger partial charge < -0.3 is 14.5 Å². The van der Waals surface area contributed by atoms with Crippen molar-refractivity contribution < 1.29 is 9.53 Å². The Kier molecular flexibility index (Phi) is 5.16. The number of hydrogen-bond donors (Lipinski definition) is 0. The molecular formula is C20H23ClN4O2. The van der Waals surface area contributed by atoms with Gasteiger partial charge in [0, 0.05) is 32.1 Å². The van der Waals surface area contributed by atoms with E-state index in [2.05, 4.69) is 21.2 Å². The van der Waals surface area contributed by atoms with E-state index in [-0.39, 0.29) is 5.91 Å². The van der Waals surface area contributed by atoms with Crippen LogP contribution < -0.4 is 9.64 Å². The van der Waals surface area contributed by atoms with E-state index in [0.29, 0.717) is 29.8 Å². The van der Waals surface area contributed by atoms with E-state index in [4.69, 9.17) is 16.3 Å². The van der Waals surface area contributed by atoms with Crippen molar-refractivity contribution in [3.8, 4) is 5.75 Å². The Hall–Kier alpha value is -2.34. The minimum Gasteiger partial charge on any atom is -0.479 e. The van der Waals surface area contributed by atoms with Crippen molar-refractivity contribution in [2.75, 3.05) is 31.1 Å². The summed E-state index contributed by atoms with van der Waals surface area (Å²) in [4.78, 5) is 16.7. The number of ether oxygens (including phenoxy) is 1. The van der Waals surface area contributed by atoms with Crippen molar-refractivity contribution in [1.29, 1.82) is 0 Å². The number of hydrogen-bond acceptors (Lipinski definition) is 5. The molecule has 7 heteroatoms. The van der Waals surface area contributed by atoms with E-state index in [1.807, 2.05) is 23.1 Å². The third-order valence-corrected chi connectivity index (χ3v) is 5.38. The lowest BCUT2D eigenvalue weighted by molar-refractivity contribution is -0.138. The molecule has 2 heterocycles. The number of nitrogens with zero attached hydrogens (tertiary/aromatic N) is 4. The lowest BCUT2D eigenvalue weighted by atomic mass is 10.2. The molecule has 0 N–H and O–H groups in total. The van der Waals surface area contributed by atoms with Gasteiger partial charge in [0.05, 0.1) is 10.7 Å². The molecule has 0 unspecified atom stereocenters. The van der Waals surface area contributed by atoms with Crippen molar-refractivity contribution in [2.24, 2.45) is 0 Å². The van der Waals surface area contributed by atoms with Gasteiger partial charge >= 0.3 is 0 Å². The predicted molar refractivity (Wildman–Crippen MR) is 104 cm³/mol. The van der Waals surface area contributed by atoms with Crippen LogP contribution in [0, 0.1) is 0 Å². The first-order valence-corrected chi connectivity index (χ1v) is 9.78. The smallest absolute Gasteiger partial charge is 0.263 e. The third-order valence-electron chi connectivity index (χ3n) is 5.07. The number of benzene rings is 1. The van der Waals surface area contributed by atoms with Crippen LogP contribution in [0.5, 0.6) is 5.75 Å². The molecule has 142 valence electrons. The molecule has 1 atom stereocenters. The molecule has 1 saturated carbocycles. The van der Waals surface area contributed by atoms with E-state index < -0.39 is 6.10 Å². The fourth-order valence-corrected chi connectivity index (χ4v) is 3.48. The summed E-state index contributed by atoms with van der Waals surface area (Å²) in [5.41, 5.74) is 1.10. The summed E-state index contributed by atoms with van der Waals surface area (Å²) in [7, 11) is 0. The Morgan fingerprint density at radius 1 is 1.11 bits per heavy atom. The highest BCUT2D eigenvalue weighted by Gasteiger charge is 2.28. The Labute approximate surface area is 164 Å². The highest BCUT2D eigenvalue weighted by molar-refractivity contribution is 6.32. The number of rotatable bonds is 5. The molecule has 0 bridgehead atoms. The van der Waals surface area contributed by atoms with E-state index in [9.17, 15) is 4.79 Å². The van der Waals surface area contributed by atoms with Gasteiger partial charge in [0.15, 0.2) is 11.9 Å². The fourth-order valence-electron chi connectivity index (χ4n) is 3.30. The molecule has 0 spiro atoms. The SMILES string of the molecule is C[C@@H](Oc1ccccc1Cl)C(=O)N1CCN(c2ccc(C3CC3)nn2)CC1. The van der Waals surface area contributed by atoms with Crippen molar-refractivity contribution in [3.05, 3.63) is 47.1 Å². The summed E-state index contributed by atoms with van der Waals surface area (Å²) in [6, 6.07) is 11.3. The summed E-state index contributed by atoms with van der Waals surface area (Å²) < 4.78 is 5.75. The number of anilines is 1. The van der Waals surface area contributed by atoms with Gasteiger partial charge in [-0.15, -0.1) is 5.10 Å². The van der Waals surface area contributed by atoms with E-state index in [0.717, 1.165) is 24.6 Å². The topological polar surface area (TPSA) is 58.6 Å². The zero-order chi connectivity index (χ0) is 18.8. The quantitative estimate of drug-likeness (QED) is 0.790. The highest BCUT2D eigenvalue weighted by Crippen LogP contribution is 2.38. The first kappa shape index (κ1) is 18.0. The molecule has 2 fully saturated rings. The van der Waals surface area contributed by atoms with E-state index in [1.165, 1.54) is 12.8 Å². The summed E-state index contributed by atoms with van der Waals surface area (Å²) in [5.74, 6) is 2.00. The number of aromatic nitrogens is 2. The Balaban J connectivity index is 1.31. The van der Waals surface area contributed by atoms with Gasteiger partial charge in [-0.2, -0.15) is 5.10 Å². The second-order valence-corrected chi connectivity index (χ2v) is 7.50. The molecular weight excluding hydrogens is 364 g/mol. The molecule has 4 rings (SSSR count). The number of carbonyl (C=O) groups is 1. The van der Waals surface area contributed by atoms with Crippen molar-refractivity contribution in [3.63, 3.8) is 0 Å². The van der Waals surface area contributed by atoms with E-state index in [1.54, 1.807) is 19.1 Å². The van der Waals surface area contributed by atoms with Crippen LogP contribution in [-0.2, 0) is 4.79 Å². The molecule has 27 heavy (non-hydrogen) atoms. The fraction of sp³-hybridized carbons (Fsp3) is 0.450. The summed E-state index contributed by atoms with van der Waals surface area (Å²) in [6.07, 6.45) is 1.88. The first-order chi connectivity index (χ1) is 13.1. The minimum absolute atomic E-state index is 0.0234. The van der Waals surface area contributed by atoms with Crippen LogP contribution in [0.4, 0.5) is 5.82 Å². The molecule has 0 radical (unpaired) electrons. The molecule has 6 nitrogen and oxygen atoms in total. The maximum absolute atomic E-state index is 12.7. The predicted octanol–water partition coefficient (Wildman–Crippen LogP) is 3.12. The number of piperazine rings is 1. The molecule has 2 aliphatic rings. The minimum atomic E-state index is -0.575. The molecule has 1 aliphatic heterocycles. The lowest BCUT2D eigenvalue weighted by Crippen LogP contribution is -2.52. The van der Waals surface area contributed by atoms with Crippen LogP contribution in [0.2, 0.25) is 5.02 Å². The van der Waals surface area contributed by atoms with Crippen LogP contribution in [0.25, 0.3) is 0 Å². The average molecular weight is 387 g/mol. The van der Waals surface area contributed by atoms with Crippen LogP contribution in [0.1, 0.15) is 31.4 Å². The van der Waals surface area contributed by atoms with Crippen molar-refractivity contribution >= 4 is 23.3 Å². The van der Waals surface area contributed by atoms with Gasteiger partial charge in [0.25, 0.3) is 5.91 Å². The van der Waals surface area contributed by atoms with Crippen LogP contribution in [0.3, 0.4) is 0 Å². The van der Waals surface area contributed by atoms with Crippen LogP contribution >= 0.6 is 11.6 Å². The number of carbonyl (C=O) groups excluding carboxylic acids is 1. The van der Waals surface area contributed by atoms with Crippen LogP contribution in [0.15, 0.2) is 36.4 Å². The lowest BCUT2D eigenvalue weighted by Gasteiger charge is -2.36. The monoisotopic (exact) mass is 386 g/mol. The Bertz CT molecular complexity index is 802. The molecule has 1 aromatic carbocycles. The Morgan fingerprint density at radius 2 is 1.85 bits per heavy atom. The van der Waals surface area contributed by atoms with Gasteiger partial charge in [0.1, 0.15) is 5.75 Å². The Morgan fingerprint density at radius 3 is 2.48 bits per heavy atom. The summed E-state index contributed by atoms with van der Waals surface area (Å²) in [5, 5.41) is 9.23. The third kappa shape index (κ3) is 4.16. The first-order valence-electron chi connectivity index (χ1n) is 9.40. The van der Waals surface area contributed by atoms with Crippen molar-refractivity contribution in [2.45, 2.75) is 31.8 Å².